The summed E-state index contributed by atoms with van der Waals surface area (Å²) in [5.41, 5.74) is 5.14. The Bertz CT molecular complexity index is 1310. The van der Waals surface area contributed by atoms with Crippen LogP contribution in [0.25, 0.3) is 17.1 Å². The van der Waals surface area contributed by atoms with E-state index in [1.54, 1.807) is 20.4 Å². The van der Waals surface area contributed by atoms with Gasteiger partial charge in [-0.2, -0.15) is 5.10 Å². The van der Waals surface area contributed by atoms with E-state index in [0.29, 0.717) is 11.0 Å². The first-order valence-corrected chi connectivity index (χ1v) is 12.3. The highest BCUT2D eigenvalue weighted by Gasteiger charge is 2.17. The molecule has 4 aromatic rings. The summed E-state index contributed by atoms with van der Waals surface area (Å²) in [5.74, 6) is 2.01. The largest absolute Gasteiger partial charge is 0.497 e. The van der Waals surface area contributed by atoms with Crippen LogP contribution in [0, 0.1) is 0 Å². The number of thioether (sulfide) groups is 1. The zero-order valence-electron chi connectivity index (χ0n) is 19.0. The Morgan fingerprint density at radius 1 is 0.971 bits per heavy atom. The molecule has 10 heteroatoms. The minimum atomic E-state index is -0.251. The van der Waals surface area contributed by atoms with Gasteiger partial charge >= 0.3 is 0 Å². The van der Waals surface area contributed by atoms with E-state index in [9.17, 15) is 4.79 Å². The molecule has 0 aliphatic carbocycles. The quantitative estimate of drug-likeness (QED) is 0.180. The molecule has 4 rings (SSSR count). The maximum atomic E-state index is 12.4. The van der Waals surface area contributed by atoms with E-state index < -0.39 is 0 Å². The second-order valence-electron chi connectivity index (χ2n) is 7.20. The van der Waals surface area contributed by atoms with Crippen LogP contribution in [0.2, 0.25) is 0 Å². The predicted molar refractivity (Wildman–Crippen MR) is 141 cm³/mol. The van der Waals surface area contributed by atoms with Crippen molar-refractivity contribution in [3.63, 3.8) is 0 Å². The summed E-state index contributed by atoms with van der Waals surface area (Å²) >= 11 is 4.66. The number of ether oxygens (including phenoxy) is 2. The van der Waals surface area contributed by atoms with Crippen LogP contribution in [0.15, 0.2) is 87.5 Å². The SMILES string of the molecule is COc1ccc(-c2nnc(SCC(=O)NN=Cc3ccc(Br)cc3)n2-c2ccc(OC)cc2)cc1. The molecule has 0 spiro atoms. The van der Waals surface area contributed by atoms with E-state index in [2.05, 4.69) is 36.7 Å². The van der Waals surface area contributed by atoms with E-state index in [1.807, 2.05) is 77.4 Å². The smallest absolute Gasteiger partial charge is 0.250 e. The van der Waals surface area contributed by atoms with Crippen molar-refractivity contribution in [1.29, 1.82) is 0 Å². The second-order valence-corrected chi connectivity index (χ2v) is 9.06. The molecule has 1 N–H and O–H groups in total. The topological polar surface area (TPSA) is 90.6 Å². The number of hydrogen-bond donors (Lipinski definition) is 1. The average Bonchev–Trinajstić information content (AvgIpc) is 3.32. The zero-order chi connectivity index (χ0) is 24.6. The molecule has 1 heterocycles. The van der Waals surface area contributed by atoms with E-state index in [0.717, 1.165) is 32.8 Å². The molecule has 0 aliphatic heterocycles. The highest BCUT2D eigenvalue weighted by atomic mass is 79.9. The summed E-state index contributed by atoms with van der Waals surface area (Å²) in [6, 6.07) is 22.7. The molecule has 1 aromatic heterocycles. The Balaban J connectivity index is 1.52. The third-order valence-corrected chi connectivity index (χ3v) is 6.38. The van der Waals surface area contributed by atoms with Crippen molar-refractivity contribution in [3.8, 4) is 28.6 Å². The number of halogens is 1. The van der Waals surface area contributed by atoms with Crippen LogP contribution in [0.5, 0.6) is 11.5 Å². The third kappa shape index (κ3) is 6.28. The number of nitrogens with zero attached hydrogens (tertiary/aromatic N) is 4. The van der Waals surface area contributed by atoms with Crippen LogP contribution >= 0.6 is 27.7 Å². The second kappa shape index (κ2) is 11.7. The van der Waals surface area contributed by atoms with E-state index in [4.69, 9.17) is 9.47 Å². The lowest BCUT2D eigenvalue weighted by Crippen LogP contribution is -2.20. The van der Waals surface area contributed by atoms with Crippen LogP contribution in [0.4, 0.5) is 0 Å². The number of hydrogen-bond acceptors (Lipinski definition) is 7. The Morgan fingerprint density at radius 3 is 2.23 bits per heavy atom. The first-order chi connectivity index (χ1) is 17.1. The molecule has 0 saturated carbocycles. The summed E-state index contributed by atoms with van der Waals surface area (Å²) in [7, 11) is 3.24. The van der Waals surface area contributed by atoms with Gasteiger partial charge in [-0.1, -0.05) is 39.8 Å². The summed E-state index contributed by atoms with van der Waals surface area (Å²) in [6.07, 6.45) is 1.59. The first-order valence-electron chi connectivity index (χ1n) is 10.5. The lowest BCUT2D eigenvalue weighted by molar-refractivity contribution is -0.118. The molecular weight excluding hydrogens is 530 g/mol. The normalized spacial score (nSPS) is 10.9. The van der Waals surface area contributed by atoms with Gasteiger partial charge in [0, 0.05) is 15.7 Å². The van der Waals surface area contributed by atoms with Gasteiger partial charge < -0.3 is 9.47 Å². The number of methoxy groups -OCH3 is 2. The maximum Gasteiger partial charge on any atom is 0.250 e. The summed E-state index contributed by atoms with van der Waals surface area (Å²) in [6.45, 7) is 0. The van der Waals surface area contributed by atoms with E-state index >= 15 is 0 Å². The Hall–Kier alpha value is -3.63. The molecule has 0 fully saturated rings. The average molecular weight is 552 g/mol. The Labute approximate surface area is 215 Å². The van der Waals surface area contributed by atoms with Crippen molar-refractivity contribution in [2.45, 2.75) is 5.16 Å². The number of hydrazone groups is 1. The molecule has 8 nitrogen and oxygen atoms in total. The van der Waals surface area contributed by atoms with Crippen molar-refractivity contribution in [2.24, 2.45) is 5.10 Å². The van der Waals surface area contributed by atoms with Gasteiger partial charge in [0.25, 0.3) is 5.91 Å². The van der Waals surface area contributed by atoms with Gasteiger partial charge in [-0.25, -0.2) is 5.43 Å². The molecule has 0 aliphatic rings. The standard InChI is InChI=1S/C25H22BrN5O3S/c1-33-21-11-5-18(6-12-21)24-29-30-25(31(24)20-9-13-22(34-2)14-10-20)35-16-23(32)28-27-15-17-3-7-19(26)8-4-17/h3-15H,16H2,1-2H3,(H,28,32). The van der Waals surface area contributed by atoms with Gasteiger partial charge in [-0.3, -0.25) is 9.36 Å². The number of amides is 1. The van der Waals surface area contributed by atoms with Gasteiger partial charge in [0.2, 0.25) is 0 Å². The highest BCUT2D eigenvalue weighted by molar-refractivity contribution is 9.10. The molecular formula is C25H22BrN5O3S. The fraction of sp³-hybridized carbons (Fsp3) is 0.120. The molecule has 0 unspecified atom stereocenters. The number of aromatic nitrogens is 3. The van der Waals surface area contributed by atoms with Crippen LogP contribution < -0.4 is 14.9 Å². The number of carbonyl (C=O) groups excluding carboxylic acids is 1. The number of nitrogens with one attached hydrogen (secondary N) is 1. The van der Waals surface area contributed by atoms with E-state index in [1.165, 1.54) is 11.8 Å². The predicted octanol–water partition coefficient (Wildman–Crippen LogP) is 4.96. The van der Waals surface area contributed by atoms with Gasteiger partial charge in [0.15, 0.2) is 11.0 Å². The summed E-state index contributed by atoms with van der Waals surface area (Å²) in [4.78, 5) is 12.4. The van der Waals surface area contributed by atoms with Crippen molar-refractivity contribution >= 4 is 39.8 Å². The van der Waals surface area contributed by atoms with Gasteiger partial charge in [-0.05, 0) is 66.2 Å². The Kier molecular flexibility index (Phi) is 8.17. The molecule has 0 atom stereocenters. The lowest BCUT2D eigenvalue weighted by Gasteiger charge is -2.11. The zero-order valence-corrected chi connectivity index (χ0v) is 21.4. The minimum absolute atomic E-state index is 0.120. The van der Waals surface area contributed by atoms with Gasteiger partial charge in [-0.15, -0.1) is 10.2 Å². The maximum absolute atomic E-state index is 12.4. The number of rotatable bonds is 9. The first kappa shape index (κ1) is 24.5. The van der Waals surface area contributed by atoms with Crippen LogP contribution in [-0.4, -0.2) is 46.9 Å². The van der Waals surface area contributed by atoms with E-state index in [-0.39, 0.29) is 11.7 Å². The lowest BCUT2D eigenvalue weighted by atomic mass is 10.2. The fourth-order valence-corrected chi connectivity index (χ4v) is 4.15. The number of benzene rings is 3. The molecule has 0 radical (unpaired) electrons. The minimum Gasteiger partial charge on any atom is -0.497 e. The molecule has 3 aromatic carbocycles. The fourth-order valence-electron chi connectivity index (χ4n) is 3.14. The van der Waals surface area contributed by atoms with Crippen molar-refractivity contribution in [1.82, 2.24) is 20.2 Å². The van der Waals surface area contributed by atoms with Gasteiger partial charge in [0.05, 0.1) is 26.2 Å². The van der Waals surface area contributed by atoms with Crippen molar-refractivity contribution in [2.75, 3.05) is 20.0 Å². The molecule has 1 amide bonds. The molecule has 35 heavy (non-hydrogen) atoms. The third-order valence-electron chi connectivity index (χ3n) is 4.92. The number of carbonyl (C=O) groups is 1. The summed E-state index contributed by atoms with van der Waals surface area (Å²) < 4.78 is 13.4. The monoisotopic (exact) mass is 551 g/mol. The van der Waals surface area contributed by atoms with Gasteiger partial charge in [0.1, 0.15) is 11.5 Å². The van der Waals surface area contributed by atoms with Crippen LogP contribution in [-0.2, 0) is 4.79 Å². The molecule has 0 bridgehead atoms. The van der Waals surface area contributed by atoms with Crippen LogP contribution in [0.1, 0.15) is 5.56 Å². The van der Waals surface area contributed by atoms with Crippen LogP contribution in [0.3, 0.4) is 0 Å². The highest BCUT2D eigenvalue weighted by Crippen LogP contribution is 2.29. The Morgan fingerprint density at radius 2 is 1.60 bits per heavy atom. The molecule has 178 valence electrons. The molecule has 0 saturated heterocycles. The van der Waals surface area contributed by atoms with Crippen molar-refractivity contribution in [3.05, 3.63) is 82.8 Å². The van der Waals surface area contributed by atoms with Crippen molar-refractivity contribution < 1.29 is 14.3 Å². The summed E-state index contributed by atoms with van der Waals surface area (Å²) in [5, 5.41) is 13.4.